The van der Waals surface area contributed by atoms with Crippen molar-refractivity contribution in [2.24, 2.45) is 0 Å². The summed E-state index contributed by atoms with van der Waals surface area (Å²) >= 11 is 1.51. The monoisotopic (exact) mass is 386 g/mol. The second kappa shape index (κ2) is 7.24. The third-order valence-electron chi connectivity index (χ3n) is 4.59. The predicted molar refractivity (Wildman–Crippen MR) is 103 cm³/mol. The van der Waals surface area contributed by atoms with Crippen LogP contribution in [0.2, 0.25) is 0 Å². The molecule has 2 atom stereocenters. The normalized spacial score (nSPS) is 20.3. The van der Waals surface area contributed by atoms with Gasteiger partial charge in [0.05, 0.1) is 5.69 Å². The largest absolute Gasteiger partial charge is 0.473 e. The maximum atomic E-state index is 11.1. The van der Waals surface area contributed by atoms with Gasteiger partial charge in [0, 0.05) is 55.8 Å². The van der Waals surface area contributed by atoms with Crippen LogP contribution in [0.1, 0.15) is 30.8 Å². The zero-order valence-electron chi connectivity index (χ0n) is 15.5. The first kappa shape index (κ1) is 17.9. The Bertz CT molecular complexity index is 968. The first-order chi connectivity index (χ1) is 13.0. The van der Waals surface area contributed by atoms with E-state index in [1.807, 2.05) is 29.8 Å². The van der Waals surface area contributed by atoms with E-state index < -0.39 is 0 Å². The predicted octanol–water partition coefficient (Wildman–Crippen LogP) is 2.49. The smallest absolute Gasteiger partial charge is 0.223 e. The van der Waals surface area contributed by atoms with Gasteiger partial charge in [0.1, 0.15) is 18.1 Å². The molecule has 1 fully saturated rings. The first-order valence-corrected chi connectivity index (χ1v) is 9.72. The molecule has 0 radical (unpaired) electrons. The molecule has 1 amide bonds. The average Bonchev–Trinajstić information content (AvgIpc) is 3.26. The number of carbonyl (C=O) groups excluding carboxylic acids is 1. The van der Waals surface area contributed by atoms with Crippen LogP contribution in [-0.4, -0.2) is 48.9 Å². The molecule has 1 saturated heterocycles. The molecule has 9 heteroatoms. The van der Waals surface area contributed by atoms with Crippen molar-refractivity contribution in [3.05, 3.63) is 35.4 Å². The minimum absolute atomic E-state index is 0.0914. The highest BCUT2D eigenvalue weighted by Crippen LogP contribution is 2.27. The van der Waals surface area contributed by atoms with Gasteiger partial charge in [-0.25, -0.2) is 15.0 Å². The minimum Gasteiger partial charge on any atom is -0.473 e. The van der Waals surface area contributed by atoms with Crippen LogP contribution in [0.3, 0.4) is 0 Å². The van der Waals surface area contributed by atoms with Crippen LogP contribution in [-0.2, 0) is 11.3 Å². The number of fused-ring (bicyclic) bond motifs is 1. The van der Waals surface area contributed by atoms with Crippen molar-refractivity contribution in [3.63, 3.8) is 0 Å². The fourth-order valence-electron chi connectivity index (χ4n) is 3.38. The third-order valence-corrected chi connectivity index (χ3v) is 5.49. The number of rotatable bonds is 5. The lowest BCUT2D eigenvalue weighted by Crippen LogP contribution is -2.27. The number of hydrogen-bond donors (Lipinski definition) is 1. The van der Waals surface area contributed by atoms with E-state index in [-0.39, 0.29) is 12.0 Å². The van der Waals surface area contributed by atoms with E-state index in [4.69, 9.17) is 4.74 Å². The van der Waals surface area contributed by atoms with Crippen molar-refractivity contribution in [1.29, 1.82) is 0 Å². The zero-order chi connectivity index (χ0) is 19.0. The Morgan fingerprint density at radius 2 is 2.30 bits per heavy atom. The number of ether oxygens (including phenoxy) is 1. The van der Waals surface area contributed by atoms with Crippen LogP contribution in [0.4, 0.5) is 5.13 Å². The Morgan fingerprint density at radius 3 is 3.11 bits per heavy atom. The van der Waals surface area contributed by atoms with E-state index >= 15 is 0 Å². The number of amides is 1. The molecule has 3 aromatic heterocycles. The van der Waals surface area contributed by atoms with Gasteiger partial charge < -0.3 is 10.1 Å². The Hall–Kier alpha value is -2.52. The summed E-state index contributed by atoms with van der Waals surface area (Å²) < 4.78 is 8.00. The standard InChI is InChI=1S/C18H22N6O2S/c1-11-7-24-10-20-17(5-16(24)21-11)26-14-4-12(2)23(8-14)9-15-6-19-18(27-15)22-13(3)25/h5-7,10,12,14H,4,8-9H2,1-3H3,(H,19,22,25)/t12-,14+/m0/s1. The van der Waals surface area contributed by atoms with Crippen molar-refractivity contribution < 1.29 is 9.53 Å². The molecule has 27 heavy (non-hydrogen) atoms. The average molecular weight is 386 g/mol. The lowest BCUT2D eigenvalue weighted by Gasteiger charge is -2.19. The van der Waals surface area contributed by atoms with Gasteiger partial charge in [-0.15, -0.1) is 11.3 Å². The molecule has 3 aromatic rings. The van der Waals surface area contributed by atoms with E-state index in [9.17, 15) is 4.79 Å². The lowest BCUT2D eigenvalue weighted by atomic mass is 10.2. The van der Waals surface area contributed by atoms with Crippen LogP contribution in [0.15, 0.2) is 24.8 Å². The van der Waals surface area contributed by atoms with Crippen molar-refractivity contribution in [2.45, 2.75) is 45.9 Å². The highest BCUT2D eigenvalue weighted by Gasteiger charge is 2.31. The van der Waals surface area contributed by atoms with E-state index in [0.717, 1.165) is 35.7 Å². The number of nitrogens with zero attached hydrogens (tertiary/aromatic N) is 5. The SMILES string of the molecule is CC(=O)Nc1ncc(CN2C[C@H](Oc3cc4nc(C)cn4cn3)C[C@@H]2C)s1. The van der Waals surface area contributed by atoms with Crippen molar-refractivity contribution in [1.82, 2.24) is 24.3 Å². The number of hydrogen-bond acceptors (Lipinski definition) is 7. The number of thiazole rings is 1. The highest BCUT2D eigenvalue weighted by atomic mass is 32.1. The Labute approximate surface area is 161 Å². The molecule has 1 N–H and O–H groups in total. The summed E-state index contributed by atoms with van der Waals surface area (Å²) in [5.41, 5.74) is 1.80. The molecule has 8 nitrogen and oxygen atoms in total. The summed E-state index contributed by atoms with van der Waals surface area (Å²) in [6.07, 6.45) is 6.54. The molecule has 0 aromatic carbocycles. The van der Waals surface area contributed by atoms with Crippen molar-refractivity contribution >= 4 is 28.0 Å². The van der Waals surface area contributed by atoms with Gasteiger partial charge in [0.15, 0.2) is 5.13 Å². The van der Waals surface area contributed by atoms with E-state index in [2.05, 4.69) is 32.1 Å². The van der Waals surface area contributed by atoms with Gasteiger partial charge in [-0.3, -0.25) is 14.1 Å². The number of imidazole rings is 1. The highest BCUT2D eigenvalue weighted by molar-refractivity contribution is 7.15. The van der Waals surface area contributed by atoms with Gasteiger partial charge in [-0.2, -0.15) is 0 Å². The van der Waals surface area contributed by atoms with Gasteiger partial charge in [-0.05, 0) is 13.8 Å². The molecule has 1 aliphatic rings. The number of likely N-dealkylation sites (tertiary alicyclic amines) is 1. The molecule has 0 saturated carbocycles. The van der Waals surface area contributed by atoms with Gasteiger partial charge in [0.2, 0.25) is 11.8 Å². The summed E-state index contributed by atoms with van der Waals surface area (Å²) in [6.45, 7) is 7.27. The topological polar surface area (TPSA) is 84.7 Å². The fraction of sp³-hybridized carbons (Fsp3) is 0.444. The first-order valence-electron chi connectivity index (χ1n) is 8.90. The summed E-state index contributed by atoms with van der Waals surface area (Å²) in [6, 6.07) is 2.28. The second-order valence-corrected chi connectivity index (χ2v) is 8.06. The number of aryl methyl sites for hydroxylation is 1. The lowest BCUT2D eigenvalue weighted by molar-refractivity contribution is -0.114. The van der Waals surface area contributed by atoms with Crippen LogP contribution >= 0.6 is 11.3 Å². The number of aromatic nitrogens is 4. The zero-order valence-corrected chi connectivity index (χ0v) is 16.4. The van der Waals surface area contributed by atoms with Crippen LogP contribution < -0.4 is 10.1 Å². The summed E-state index contributed by atoms with van der Waals surface area (Å²) in [4.78, 5) is 27.7. The second-order valence-electron chi connectivity index (χ2n) is 6.94. The maximum Gasteiger partial charge on any atom is 0.223 e. The van der Waals surface area contributed by atoms with Gasteiger partial charge >= 0.3 is 0 Å². The van der Waals surface area contributed by atoms with E-state index in [1.165, 1.54) is 18.3 Å². The van der Waals surface area contributed by atoms with Crippen LogP contribution in [0.5, 0.6) is 5.88 Å². The minimum atomic E-state index is -0.101. The maximum absolute atomic E-state index is 11.1. The molecule has 4 heterocycles. The summed E-state index contributed by atoms with van der Waals surface area (Å²) in [7, 11) is 0. The third kappa shape index (κ3) is 4.09. The molecule has 1 aliphatic heterocycles. The van der Waals surface area contributed by atoms with Gasteiger partial charge in [0.25, 0.3) is 0 Å². The molecule has 0 bridgehead atoms. The quantitative estimate of drug-likeness (QED) is 0.725. The molecule has 142 valence electrons. The van der Waals surface area contributed by atoms with Crippen molar-refractivity contribution in [3.8, 4) is 5.88 Å². The molecule has 4 rings (SSSR count). The molecular weight excluding hydrogens is 364 g/mol. The molecule has 0 aliphatic carbocycles. The Kier molecular flexibility index (Phi) is 4.79. The Morgan fingerprint density at radius 1 is 1.44 bits per heavy atom. The number of nitrogens with one attached hydrogen (secondary N) is 1. The number of carbonyl (C=O) groups is 1. The molecule has 0 unspecified atom stereocenters. The van der Waals surface area contributed by atoms with E-state index in [1.54, 1.807) is 6.33 Å². The van der Waals surface area contributed by atoms with Crippen LogP contribution in [0, 0.1) is 6.92 Å². The van der Waals surface area contributed by atoms with Crippen molar-refractivity contribution in [2.75, 3.05) is 11.9 Å². The van der Waals surface area contributed by atoms with Gasteiger partial charge in [-0.1, -0.05) is 0 Å². The summed E-state index contributed by atoms with van der Waals surface area (Å²) in [5, 5.41) is 3.37. The molecular formula is C18H22N6O2S. The Balaban J connectivity index is 1.38. The fourth-order valence-corrected chi connectivity index (χ4v) is 4.26. The van der Waals surface area contributed by atoms with E-state index in [0.29, 0.717) is 17.1 Å². The van der Waals surface area contributed by atoms with Crippen LogP contribution in [0.25, 0.3) is 5.65 Å². The summed E-state index contributed by atoms with van der Waals surface area (Å²) in [5.74, 6) is 0.508. The molecule has 0 spiro atoms. The number of anilines is 1.